The van der Waals surface area contributed by atoms with Gasteiger partial charge in [0.15, 0.2) is 0 Å². The van der Waals surface area contributed by atoms with Gasteiger partial charge >= 0.3 is 6.09 Å². The van der Waals surface area contributed by atoms with Crippen molar-refractivity contribution in [1.82, 2.24) is 10.6 Å². The highest BCUT2D eigenvalue weighted by Crippen LogP contribution is 2.39. The minimum atomic E-state index is -1.23. The van der Waals surface area contributed by atoms with Gasteiger partial charge in [0.05, 0.1) is 6.54 Å². The molecular weight excluding hydrogens is 262 g/mol. The van der Waals surface area contributed by atoms with Gasteiger partial charge in [-0.3, -0.25) is 9.59 Å². The Hall–Kier alpha value is -1.79. The number of primary amides is 1. The van der Waals surface area contributed by atoms with E-state index in [9.17, 15) is 14.4 Å². The molecule has 1 aliphatic carbocycles. The van der Waals surface area contributed by atoms with Crippen molar-refractivity contribution < 1.29 is 19.1 Å². The van der Waals surface area contributed by atoms with E-state index < -0.39 is 23.1 Å². The van der Waals surface area contributed by atoms with Crippen LogP contribution in [-0.4, -0.2) is 35.6 Å². The van der Waals surface area contributed by atoms with Gasteiger partial charge in [0.25, 0.3) is 0 Å². The summed E-state index contributed by atoms with van der Waals surface area (Å²) in [6.07, 6.45) is 0.937. The monoisotopic (exact) mass is 285 g/mol. The lowest BCUT2D eigenvalue weighted by molar-refractivity contribution is -0.131. The molecule has 7 heteroatoms. The van der Waals surface area contributed by atoms with E-state index in [0.717, 1.165) is 12.8 Å². The first-order valence-electron chi connectivity index (χ1n) is 6.62. The zero-order chi connectivity index (χ0) is 15.6. The van der Waals surface area contributed by atoms with E-state index in [4.69, 9.17) is 10.5 Å². The molecule has 114 valence electrons. The second-order valence-electron chi connectivity index (χ2n) is 6.15. The lowest BCUT2D eigenvalue weighted by atomic mass is 9.92. The fourth-order valence-corrected chi connectivity index (χ4v) is 2.06. The van der Waals surface area contributed by atoms with E-state index in [1.807, 2.05) is 0 Å². The van der Waals surface area contributed by atoms with Crippen LogP contribution in [0.1, 0.15) is 40.5 Å². The largest absolute Gasteiger partial charge is 0.444 e. The molecule has 1 aliphatic rings. The van der Waals surface area contributed by atoms with E-state index in [1.165, 1.54) is 6.92 Å². The number of carbonyl (C=O) groups is 3. The van der Waals surface area contributed by atoms with Gasteiger partial charge in [0.2, 0.25) is 11.8 Å². The second kappa shape index (κ2) is 5.68. The molecule has 1 fully saturated rings. The lowest BCUT2D eigenvalue weighted by Gasteiger charge is -2.32. The van der Waals surface area contributed by atoms with Crippen molar-refractivity contribution in [3.05, 3.63) is 0 Å². The maximum Gasteiger partial charge on any atom is 0.407 e. The first-order valence-corrected chi connectivity index (χ1v) is 6.62. The van der Waals surface area contributed by atoms with E-state index in [2.05, 4.69) is 10.6 Å². The molecule has 0 saturated heterocycles. The highest BCUT2D eigenvalue weighted by atomic mass is 16.6. The molecule has 0 heterocycles. The average molecular weight is 285 g/mol. The van der Waals surface area contributed by atoms with Crippen LogP contribution >= 0.6 is 0 Å². The van der Waals surface area contributed by atoms with Crippen LogP contribution in [0, 0.1) is 5.92 Å². The Balaban J connectivity index is 2.73. The van der Waals surface area contributed by atoms with Crippen LogP contribution in [0.5, 0.6) is 0 Å². The minimum absolute atomic E-state index is 0.0427. The maximum atomic E-state index is 11.8. The molecule has 1 saturated carbocycles. The number of nitrogens with two attached hydrogens (primary N) is 1. The zero-order valence-corrected chi connectivity index (χ0v) is 12.4. The Bertz CT molecular complexity index is 412. The summed E-state index contributed by atoms with van der Waals surface area (Å²) in [7, 11) is 0. The van der Waals surface area contributed by atoms with Gasteiger partial charge in [0, 0.05) is 6.92 Å². The molecule has 0 aliphatic heterocycles. The molecular formula is C13H23N3O4. The molecule has 1 rings (SSSR count). The summed E-state index contributed by atoms with van der Waals surface area (Å²) in [4.78, 5) is 34.7. The van der Waals surface area contributed by atoms with Gasteiger partial charge in [-0.25, -0.2) is 4.79 Å². The summed E-state index contributed by atoms with van der Waals surface area (Å²) in [5.41, 5.74) is 3.56. The Morgan fingerprint density at radius 3 is 2.15 bits per heavy atom. The third kappa shape index (κ3) is 4.40. The van der Waals surface area contributed by atoms with Crippen LogP contribution in [-0.2, 0) is 14.3 Å². The highest BCUT2D eigenvalue weighted by molar-refractivity contribution is 5.91. The molecule has 4 N–H and O–H groups in total. The van der Waals surface area contributed by atoms with E-state index in [0.29, 0.717) is 0 Å². The Kier molecular flexibility index (Phi) is 4.62. The molecule has 7 nitrogen and oxygen atoms in total. The number of ether oxygens (including phenoxy) is 1. The normalized spacial score (nSPS) is 17.8. The van der Waals surface area contributed by atoms with Crippen LogP contribution in [0.2, 0.25) is 0 Å². The van der Waals surface area contributed by atoms with Crippen molar-refractivity contribution in [2.24, 2.45) is 11.7 Å². The molecule has 1 atom stereocenters. The molecule has 0 bridgehead atoms. The standard InChI is InChI=1S/C13H23N3O4/c1-8(17)16-13(10(14)18,9-5-6-9)7-15-11(19)20-12(2,3)4/h9H,5-7H2,1-4H3,(H2,14,18)(H,15,19)(H,16,17). The Morgan fingerprint density at radius 2 is 1.80 bits per heavy atom. The smallest absolute Gasteiger partial charge is 0.407 e. The Labute approximate surface area is 118 Å². The SMILES string of the molecule is CC(=O)NC(CNC(=O)OC(C)(C)C)(C(N)=O)C1CC1. The van der Waals surface area contributed by atoms with Gasteiger partial charge in [0.1, 0.15) is 11.1 Å². The summed E-state index contributed by atoms with van der Waals surface area (Å²) in [6, 6.07) is 0. The summed E-state index contributed by atoms with van der Waals surface area (Å²) in [5.74, 6) is -1.05. The van der Waals surface area contributed by atoms with Crippen LogP contribution in [0.3, 0.4) is 0 Å². The van der Waals surface area contributed by atoms with E-state index >= 15 is 0 Å². The fourth-order valence-electron chi connectivity index (χ4n) is 2.06. The predicted molar refractivity (Wildman–Crippen MR) is 72.7 cm³/mol. The molecule has 20 heavy (non-hydrogen) atoms. The van der Waals surface area contributed by atoms with Crippen molar-refractivity contribution in [2.75, 3.05) is 6.54 Å². The topological polar surface area (TPSA) is 111 Å². The number of nitrogens with one attached hydrogen (secondary N) is 2. The van der Waals surface area contributed by atoms with Crippen LogP contribution in [0.25, 0.3) is 0 Å². The van der Waals surface area contributed by atoms with Crippen molar-refractivity contribution in [1.29, 1.82) is 0 Å². The van der Waals surface area contributed by atoms with Crippen molar-refractivity contribution in [3.63, 3.8) is 0 Å². The molecule has 0 radical (unpaired) electrons. The van der Waals surface area contributed by atoms with Gasteiger partial charge in [-0.05, 0) is 39.5 Å². The summed E-state index contributed by atoms with van der Waals surface area (Å²) in [5, 5.41) is 5.10. The lowest BCUT2D eigenvalue weighted by Crippen LogP contribution is -2.64. The number of hydrogen-bond donors (Lipinski definition) is 3. The summed E-state index contributed by atoms with van der Waals surface area (Å²) in [6.45, 7) is 6.46. The average Bonchev–Trinajstić information content (AvgIpc) is 3.04. The van der Waals surface area contributed by atoms with Crippen LogP contribution in [0.4, 0.5) is 4.79 Å². The van der Waals surface area contributed by atoms with Gasteiger partial charge in [-0.2, -0.15) is 0 Å². The first-order chi connectivity index (χ1) is 9.07. The van der Waals surface area contributed by atoms with E-state index in [-0.39, 0.29) is 18.4 Å². The van der Waals surface area contributed by atoms with Crippen LogP contribution in [0.15, 0.2) is 0 Å². The molecule has 0 spiro atoms. The van der Waals surface area contributed by atoms with Gasteiger partial charge in [-0.1, -0.05) is 0 Å². The van der Waals surface area contributed by atoms with Gasteiger partial charge in [-0.15, -0.1) is 0 Å². The maximum absolute atomic E-state index is 11.8. The highest BCUT2D eigenvalue weighted by Gasteiger charge is 2.50. The van der Waals surface area contributed by atoms with Gasteiger partial charge < -0.3 is 21.1 Å². The van der Waals surface area contributed by atoms with E-state index in [1.54, 1.807) is 20.8 Å². The summed E-state index contributed by atoms with van der Waals surface area (Å²) < 4.78 is 5.10. The number of alkyl carbamates (subject to hydrolysis) is 1. The molecule has 3 amide bonds. The van der Waals surface area contributed by atoms with Crippen molar-refractivity contribution in [3.8, 4) is 0 Å². The molecule has 0 aromatic rings. The van der Waals surface area contributed by atoms with Crippen molar-refractivity contribution >= 4 is 17.9 Å². The number of rotatable bonds is 5. The third-order valence-corrected chi connectivity index (χ3v) is 3.02. The first kappa shape index (κ1) is 16.3. The quantitative estimate of drug-likeness (QED) is 0.673. The second-order valence-corrected chi connectivity index (χ2v) is 6.15. The molecule has 1 unspecified atom stereocenters. The summed E-state index contributed by atoms with van der Waals surface area (Å²) >= 11 is 0. The van der Waals surface area contributed by atoms with Crippen LogP contribution < -0.4 is 16.4 Å². The molecule has 0 aromatic heterocycles. The fraction of sp³-hybridized carbons (Fsp3) is 0.769. The minimum Gasteiger partial charge on any atom is -0.444 e. The number of hydrogen-bond acceptors (Lipinski definition) is 4. The Morgan fingerprint density at radius 1 is 1.25 bits per heavy atom. The molecule has 0 aromatic carbocycles. The zero-order valence-electron chi connectivity index (χ0n) is 12.4. The number of amides is 3. The number of carbonyl (C=O) groups excluding carboxylic acids is 3. The third-order valence-electron chi connectivity index (χ3n) is 3.02. The van der Waals surface area contributed by atoms with Crippen molar-refractivity contribution in [2.45, 2.75) is 51.7 Å². The predicted octanol–water partition coefficient (Wildman–Crippen LogP) is 0.281.